The van der Waals surface area contributed by atoms with Crippen LogP contribution < -0.4 is 0 Å². The molecule has 0 bridgehead atoms. The molecule has 5 heteroatoms. The standard InChI is InChI=1S/C19H20BrFN2O/c20-17-6-4-16(5-7-17)19(24)23-11-1-10-22(12-13-23)14-15-2-8-18(21)9-3-15/h2-9H,1,10-14H2. The van der Waals surface area contributed by atoms with Crippen molar-refractivity contribution in [1.29, 1.82) is 0 Å². The molecule has 0 radical (unpaired) electrons. The third-order valence-electron chi connectivity index (χ3n) is 4.29. The molecule has 1 amide bonds. The largest absolute Gasteiger partial charge is 0.337 e. The third-order valence-corrected chi connectivity index (χ3v) is 4.82. The maximum atomic E-state index is 13.0. The fourth-order valence-electron chi connectivity index (χ4n) is 2.96. The van der Waals surface area contributed by atoms with Gasteiger partial charge in [-0.3, -0.25) is 9.69 Å². The zero-order chi connectivity index (χ0) is 16.9. The molecule has 0 N–H and O–H groups in total. The highest BCUT2D eigenvalue weighted by molar-refractivity contribution is 9.10. The summed E-state index contributed by atoms with van der Waals surface area (Å²) in [5.41, 5.74) is 1.83. The first kappa shape index (κ1) is 17.1. The summed E-state index contributed by atoms with van der Waals surface area (Å²) >= 11 is 3.39. The Hall–Kier alpha value is -1.72. The zero-order valence-corrected chi connectivity index (χ0v) is 15.0. The minimum atomic E-state index is -0.208. The molecule has 2 aromatic rings. The quantitative estimate of drug-likeness (QED) is 0.792. The smallest absolute Gasteiger partial charge is 0.253 e. The highest BCUT2D eigenvalue weighted by atomic mass is 79.9. The lowest BCUT2D eigenvalue weighted by Gasteiger charge is -2.22. The summed E-state index contributed by atoms with van der Waals surface area (Å²) in [4.78, 5) is 16.9. The molecular weight excluding hydrogens is 371 g/mol. The van der Waals surface area contributed by atoms with Crippen LogP contribution in [0.5, 0.6) is 0 Å². The van der Waals surface area contributed by atoms with Crippen LogP contribution in [0.1, 0.15) is 22.3 Å². The van der Waals surface area contributed by atoms with E-state index in [2.05, 4.69) is 20.8 Å². The minimum Gasteiger partial charge on any atom is -0.337 e. The van der Waals surface area contributed by atoms with Crippen LogP contribution >= 0.6 is 15.9 Å². The first-order valence-electron chi connectivity index (χ1n) is 8.13. The van der Waals surface area contributed by atoms with E-state index in [0.29, 0.717) is 0 Å². The average molecular weight is 391 g/mol. The Bertz CT molecular complexity index is 688. The van der Waals surface area contributed by atoms with Crippen molar-refractivity contribution in [1.82, 2.24) is 9.80 Å². The summed E-state index contributed by atoms with van der Waals surface area (Å²) in [6, 6.07) is 14.1. The molecule has 0 aliphatic carbocycles. The number of rotatable bonds is 3. The normalized spacial score (nSPS) is 16.0. The number of hydrogen-bond acceptors (Lipinski definition) is 2. The fourth-order valence-corrected chi connectivity index (χ4v) is 3.22. The Kier molecular flexibility index (Phi) is 5.63. The van der Waals surface area contributed by atoms with Crippen LogP contribution in [0.3, 0.4) is 0 Å². The van der Waals surface area contributed by atoms with Gasteiger partial charge in [0.15, 0.2) is 0 Å². The van der Waals surface area contributed by atoms with Gasteiger partial charge in [0.2, 0.25) is 0 Å². The summed E-state index contributed by atoms with van der Waals surface area (Å²) in [5, 5.41) is 0. The summed E-state index contributed by atoms with van der Waals surface area (Å²) < 4.78 is 14.0. The molecule has 24 heavy (non-hydrogen) atoms. The van der Waals surface area contributed by atoms with Crippen LogP contribution in [-0.4, -0.2) is 41.9 Å². The Morgan fingerprint density at radius 2 is 1.67 bits per heavy atom. The molecule has 3 rings (SSSR count). The van der Waals surface area contributed by atoms with Gasteiger partial charge < -0.3 is 4.90 Å². The summed E-state index contributed by atoms with van der Waals surface area (Å²) in [6.45, 7) is 4.06. The van der Waals surface area contributed by atoms with Crippen molar-refractivity contribution in [3.05, 3.63) is 69.9 Å². The molecule has 1 saturated heterocycles. The monoisotopic (exact) mass is 390 g/mol. The van der Waals surface area contributed by atoms with E-state index in [1.165, 1.54) is 12.1 Å². The molecular formula is C19H20BrFN2O. The van der Waals surface area contributed by atoms with Gasteiger partial charge in [0.1, 0.15) is 5.82 Å². The first-order chi connectivity index (χ1) is 11.6. The lowest BCUT2D eigenvalue weighted by atomic mass is 10.2. The van der Waals surface area contributed by atoms with Gasteiger partial charge in [-0.05, 0) is 48.4 Å². The van der Waals surface area contributed by atoms with Crippen LogP contribution in [-0.2, 0) is 6.54 Å². The van der Waals surface area contributed by atoms with Gasteiger partial charge in [-0.2, -0.15) is 0 Å². The molecule has 0 unspecified atom stereocenters. The van der Waals surface area contributed by atoms with Crippen LogP contribution in [0, 0.1) is 5.82 Å². The van der Waals surface area contributed by atoms with E-state index in [1.54, 1.807) is 0 Å². The van der Waals surface area contributed by atoms with E-state index in [-0.39, 0.29) is 11.7 Å². The highest BCUT2D eigenvalue weighted by Gasteiger charge is 2.20. The number of halogens is 2. The molecule has 0 saturated carbocycles. The minimum absolute atomic E-state index is 0.0890. The molecule has 1 heterocycles. The summed E-state index contributed by atoms with van der Waals surface area (Å²) in [5.74, 6) is -0.119. The van der Waals surface area contributed by atoms with Gasteiger partial charge in [0, 0.05) is 42.8 Å². The second-order valence-corrected chi connectivity index (χ2v) is 6.97. The van der Waals surface area contributed by atoms with Crippen molar-refractivity contribution < 1.29 is 9.18 Å². The van der Waals surface area contributed by atoms with E-state index in [9.17, 15) is 9.18 Å². The van der Waals surface area contributed by atoms with E-state index < -0.39 is 0 Å². The lowest BCUT2D eigenvalue weighted by Crippen LogP contribution is -2.35. The summed E-state index contributed by atoms with van der Waals surface area (Å²) in [7, 11) is 0. The van der Waals surface area contributed by atoms with E-state index in [4.69, 9.17) is 0 Å². The van der Waals surface area contributed by atoms with Crippen molar-refractivity contribution in [2.75, 3.05) is 26.2 Å². The molecule has 0 spiro atoms. The molecule has 1 fully saturated rings. The van der Waals surface area contributed by atoms with Gasteiger partial charge in [-0.1, -0.05) is 28.1 Å². The van der Waals surface area contributed by atoms with Gasteiger partial charge in [0.05, 0.1) is 0 Å². The Balaban J connectivity index is 1.59. The highest BCUT2D eigenvalue weighted by Crippen LogP contribution is 2.15. The number of hydrogen-bond donors (Lipinski definition) is 0. The molecule has 3 nitrogen and oxygen atoms in total. The first-order valence-corrected chi connectivity index (χ1v) is 8.93. The Morgan fingerprint density at radius 3 is 2.38 bits per heavy atom. The second-order valence-electron chi connectivity index (χ2n) is 6.06. The number of nitrogens with zero attached hydrogens (tertiary/aromatic N) is 2. The van der Waals surface area contributed by atoms with E-state index in [0.717, 1.165) is 54.7 Å². The number of benzene rings is 2. The Labute approximate surface area is 150 Å². The van der Waals surface area contributed by atoms with Gasteiger partial charge in [-0.25, -0.2) is 4.39 Å². The Morgan fingerprint density at radius 1 is 0.958 bits per heavy atom. The van der Waals surface area contributed by atoms with Crippen molar-refractivity contribution in [2.24, 2.45) is 0 Å². The SMILES string of the molecule is O=C(c1ccc(Br)cc1)N1CCCN(Cc2ccc(F)cc2)CC1. The maximum Gasteiger partial charge on any atom is 0.253 e. The molecule has 1 aliphatic heterocycles. The summed E-state index contributed by atoms with van der Waals surface area (Å²) in [6.07, 6.45) is 0.948. The molecule has 2 aromatic carbocycles. The van der Waals surface area contributed by atoms with Crippen molar-refractivity contribution >= 4 is 21.8 Å². The van der Waals surface area contributed by atoms with Gasteiger partial charge in [0.25, 0.3) is 5.91 Å². The fraction of sp³-hybridized carbons (Fsp3) is 0.316. The topological polar surface area (TPSA) is 23.6 Å². The van der Waals surface area contributed by atoms with Crippen LogP contribution in [0.2, 0.25) is 0 Å². The van der Waals surface area contributed by atoms with Crippen molar-refractivity contribution in [3.8, 4) is 0 Å². The molecule has 0 aromatic heterocycles. The zero-order valence-electron chi connectivity index (χ0n) is 13.4. The average Bonchev–Trinajstić information content (AvgIpc) is 2.83. The van der Waals surface area contributed by atoms with Crippen LogP contribution in [0.25, 0.3) is 0 Å². The van der Waals surface area contributed by atoms with Gasteiger partial charge in [-0.15, -0.1) is 0 Å². The van der Waals surface area contributed by atoms with E-state index >= 15 is 0 Å². The lowest BCUT2D eigenvalue weighted by molar-refractivity contribution is 0.0761. The van der Waals surface area contributed by atoms with Crippen molar-refractivity contribution in [2.45, 2.75) is 13.0 Å². The predicted molar refractivity (Wildman–Crippen MR) is 96.3 cm³/mol. The van der Waals surface area contributed by atoms with Gasteiger partial charge >= 0.3 is 0 Å². The predicted octanol–water partition coefficient (Wildman–Crippen LogP) is 3.94. The van der Waals surface area contributed by atoms with E-state index in [1.807, 2.05) is 41.3 Å². The maximum absolute atomic E-state index is 13.0. The molecule has 126 valence electrons. The molecule has 1 aliphatic rings. The molecule has 0 atom stereocenters. The van der Waals surface area contributed by atoms with Crippen molar-refractivity contribution in [3.63, 3.8) is 0 Å². The number of carbonyl (C=O) groups excluding carboxylic acids is 1. The van der Waals surface area contributed by atoms with Crippen LogP contribution in [0.4, 0.5) is 4.39 Å². The number of carbonyl (C=O) groups is 1. The van der Waals surface area contributed by atoms with Crippen LogP contribution in [0.15, 0.2) is 53.0 Å². The third kappa shape index (κ3) is 4.42. The second kappa shape index (κ2) is 7.90. The number of amides is 1.